The van der Waals surface area contributed by atoms with Crippen LogP contribution in [0.2, 0.25) is 0 Å². The number of aromatic nitrogens is 1. The molecule has 1 amide bonds. The lowest BCUT2D eigenvalue weighted by molar-refractivity contribution is -0.137. The number of aliphatic hydroxyl groups excluding tert-OH is 1. The fraction of sp³-hybridized carbons (Fsp3) is 0.591. The van der Waals surface area contributed by atoms with E-state index in [0.29, 0.717) is 38.9 Å². The largest absolute Gasteiger partial charge is 0.497 e. The molecule has 0 bridgehead atoms. The van der Waals surface area contributed by atoms with Crippen molar-refractivity contribution in [1.82, 2.24) is 13.8 Å². The van der Waals surface area contributed by atoms with Gasteiger partial charge in [0, 0.05) is 55.7 Å². The predicted molar refractivity (Wildman–Crippen MR) is 119 cm³/mol. The Labute approximate surface area is 183 Å². The summed E-state index contributed by atoms with van der Waals surface area (Å²) in [5.41, 5.74) is 2.70. The number of benzene rings is 1. The van der Waals surface area contributed by atoms with Crippen LogP contribution in [0, 0.1) is 0 Å². The molecule has 0 radical (unpaired) electrons. The highest BCUT2D eigenvalue weighted by Gasteiger charge is 2.49. The van der Waals surface area contributed by atoms with Gasteiger partial charge >= 0.3 is 0 Å². The van der Waals surface area contributed by atoms with E-state index in [0.717, 1.165) is 27.9 Å². The number of nitrogens with zero attached hydrogens (tertiary/aromatic N) is 3. The van der Waals surface area contributed by atoms with E-state index in [1.54, 1.807) is 12.0 Å². The molecule has 8 nitrogen and oxygen atoms in total. The van der Waals surface area contributed by atoms with Crippen molar-refractivity contribution in [3.05, 3.63) is 29.5 Å². The van der Waals surface area contributed by atoms with Crippen molar-refractivity contribution in [3.8, 4) is 5.75 Å². The van der Waals surface area contributed by atoms with Crippen LogP contribution in [0.15, 0.2) is 18.2 Å². The average molecular weight is 450 g/mol. The van der Waals surface area contributed by atoms with E-state index in [2.05, 4.69) is 4.57 Å². The minimum atomic E-state index is -3.26. The molecule has 31 heavy (non-hydrogen) atoms. The number of sulfonamides is 1. The van der Waals surface area contributed by atoms with Crippen molar-refractivity contribution in [2.45, 2.75) is 37.6 Å². The SMILES string of the molecule is CCC(=O)N1CC2(CCN(S(C)(=O)=O)CC2)c2c(n(C)c3cc(OC)ccc23)[C@H]1CO. The van der Waals surface area contributed by atoms with Gasteiger partial charge in [0.15, 0.2) is 0 Å². The van der Waals surface area contributed by atoms with Crippen LogP contribution in [0.4, 0.5) is 0 Å². The number of rotatable bonds is 4. The molecule has 1 saturated heterocycles. The topological polar surface area (TPSA) is 92.1 Å². The van der Waals surface area contributed by atoms with E-state index in [1.807, 2.05) is 32.2 Å². The summed E-state index contributed by atoms with van der Waals surface area (Å²) in [4.78, 5) is 14.7. The standard InChI is InChI=1S/C22H31N3O5S/c1-5-19(27)25-14-22(8-10-24(11-9-22)31(4,28)29)20-16-7-6-15(30-3)12-17(16)23(2)21(20)18(25)13-26/h6-7,12,18,26H,5,8-11,13-14H2,1-4H3/t18-/m1/s1. The van der Waals surface area contributed by atoms with Gasteiger partial charge in [-0.25, -0.2) is 12.7 Å². The van der Waals surface area contributed by atoms with E-state index in [9.17, 15) is 18.3 Å². The van der Waals surface area contributed by atoms with Crippen LogP contribution >= 0.6 is 0 Å². The third-order valence-corrected chi connectivity index (χ3v) is 8.40. The number of fused-ring (bicyclic) bond motifs is 4. The first-order valence-corrected chi connectivity index (χ1v) is 12.5. The van der Waals surface area contributed by atoms with Crippen molar-refractivity contribution in [3.63, 3.8) is 0 Å². The molecule has 170 valence electrons. The number of piperidine rings is 1. The van der Waals surface area contributed by atoms with Gasteiger partial charge in [0.2, 0.25) is 15.9 Å². The maximum absolute atomic E-state index is 12.9. The van der Waals surface area contributed by atoms with Gasteiger partial charge in [0.25, 0.3) is 0 Å². The smallest absolute Gasteiger partial charge is 0.222 e. The Balaban J connectivity index is 1.93. The van der Waals surface area contributed by atoms with Gasteiger partial charge in [-0.1, -0.05) is 6.92 Å². The summed E-state index contributed by atoms with van der Waals surface area (Å²) in [5, 5.41) is 11.4. The summed E-state index contributed by atoms with van der Waals surface area (Å²) in [6, 6.07) is 5.53. The van der Waals surface area contributed by atoms with Crippen LogP contribution in [0.5, 0.6) is 5.75 Å². The van der Waals surface area contributed by atoms with Crippen LogP contribution < -0.4 is 4.74 Å². The maximum atomic E-state index is 12.9. The third kappa shape index (κ3) is 3.43. The Hall–Kier alpha value is -2.10. The van der Waals surface area contributed by atoms with Gasteiger partial charge in [0.1, 0.15) is 5.75 Å². The molecule has 4 rings (SSSR count). The second-order valence-corrected chi connectivity index (χ2v) is 10.7. The zero-order valence-electron chi connectivity index (χ0n) is 18.6. The van der Waals surface area contributed by atoms with Crippen LogP contribution in [-0.2, 0) is 27.3 Å². The highest BCUT2D eigenvalue weighted by Crippen LogP contribution is 2.50. The lowest BCUT2D eigenvalue weighted by atomic mass is 9.68. The minimum absolute atomic E-state index is 0.00236. The molecule has 0 unspecified atom stereocenters. The molecule has 1 atom stereocenters. The first-order valence-electron chi connectivity index (χ1n) is 10.7. The van der Waals surface area contributed by atoms with Crippen LogP contribution in [0.3, 0.4) is 0 Å². The average Bonchev–Trinajstić information content (AvgIpc) is 3.05. The molecule has 1 fully saturated rings. The monoisotopic (exact) mass is 449 g/mol. The molecule has 1 aromatic carbocycles. The summed E-state index contributed by atoms with van der Waals surface area (Å²) < 4.78 is 33.2. The van der Waals surface area contributed by atoms with Gasteiger partial charge in [-0.2, -0.15) is 0 Å². The molecule has 9 heteroatoms. The highest BCUT2D eigenvalue weighted by atomic mass is 32.2. The second kappa shape index (κ2) is 7.79. The third-order valence-electron chi connectivity index (χ3n) is 7.09. The molecule has 0 aliphatic carbocycles. The van der Waals surface area contributed by atoms with Crippen molar-refractivity contribution in [2.75, 3.05) is 39.6 Å². The summed E-state index contributed by atoms with van der Waals surface area (Å²) in [6.07, 6.45) is 2.86. The molecular weight excluding hydrogens is 418 g/mol. The van der Waals surface area contributed by atoms with Crippen LogP contribution in [-0.4, -0.2) is 72.8 Å². The predicted octanol–water partition coefficient (Wildman–Crippen LogP) is 1.77. The molecule has 0 saturated carbocycles. The number of amides is 1. The van der Waals surface area contributed by atoms with Gasteiger partial charge in [-0.05, 0) is 30.5 Å². The first-order chi connectivity index (χ1) is 14.7. The Kier molecular flexibility index (Phi) is 5.56. The van der Waals surface area contributed by atoms with Crippen molar-refractivity contribution < 1.29 is 23.1 Å². The van der Waals surface area contributed by atoms with E-state index < -0.39 is 16.1 Å². The van der Waals surface area contributed by atoms with E-state index in [-0.39, 0.29) is 17.9 Å². The molecule has 1 spiro atoms. The molecule has 2 aromatic rings. The summed E-state index contributed by atoms with van der Waals surface area (Å²) in [7, 11) is 0.327. The van der Waals surface area contributed by atoms with Crippen LogP contribution in [0.25, 0.3) is 10.9 Å². The minimum Gasteiger partial charge on any atom is -0.497 e. The Morgan fingerprint density at radius 2 is 1.97 bits per heavy atom. The van der Waals surface area contributed by atoms with Crippen molar-refractivity contribution >= 4 is 26.8 Å². The quantitative estimate of drug-likeness (QED) is 0.768. The number of carbonyl (C=O) groups excluding carboxylic acids is 1. The lowest BCUT2D eigenvalue weighted by Gasteiger charge is -2.50. The zero-order valence-corrected chi connectivity index (χ0v) is 19.4. The zero-order chi connectivity index (χ0) is 22.6. The van der Waals surface area contributed by atoms with Gasteiger partial charge < -0.3 is 19.3 Å². The molecule has 2 aliphatic heterocycles. The Morgan fingerprint density at radius 1 is 1.29 bits per heavy atom. The number of hydrogen-bond acceptors (Lipinski definition) is 5. The first kappa shape index (κ1) is 22.1. The summed E-state index contributed by atoms with van der Waals surface area (Å²) in [5.74, 6) is 0.742. The normalized spacial score (nSPS) is 21.5. The molecule has 1 N–H and O–H groups in total. The van der Waals surface area contributed by atoms with Gasteiger partial charge in [-0.15, -0.1) is 0 Å². The summed E-state index contributed by atoms with van der Waals surface area (Å²) in [6.45, 7) is 3.00. The fourth-order valence-electron chi connectivity index (χ4n) is 5.48. The number of aryl methyl sites for hydroxylation is 1. The molecule has 1 aromatic heterocycles. The molecular formula is C22H31N3O5S. The second-order valence-electron chi connectivity index (χ2n) is 8.72. The Morgan fingerprint density at radius 3 is 2.52 bits per heavy atom. The van der Waals surface area contributed by atoms with E-state index in [1.165, 1.54) is 10.6 Å². The van der Waals surface area contributed by atoms with Gasteiger partial charge in [0.05, 0.1) is 31.5 Å². The molecule has 3 heterocycles. The fourth-order valence-corrected chi connectivity index (χ4v) is 6.32. The number of carbonyl (C=O) groups is 1. The van der Waals surface area contributed by atoms with Crippen LogP contribution in [0.1, 0.15) is 43.5 Å². The van der Waals surface area contributed by atoms with Crippen molar-refractivity contribution in [1.29, 1.82) is 0 Å². The van der Waals surface area contributed by atoms with Gasteiger partial charge in [-0.3, -0.25) is 4.79 Å². The number of hydrogen-bond donors (Lipinski definition) is 1. The number of aliphatic hydroxyl groups is 1. The Bertz CT molecular complexity index is 1120. The maximum Gasteiger partial charge on any atom is 0.222 e. The molecule has 2 aliphatic rings. The van der Waals surface area contributed by atoms with Crippen molar-refractivity contribution in [2.24, 2.45) is 7.05 Å². The van der Waals surface area contributed by atoms with E-state index in [4.69, 9.17) is 4.74 Å². The lowest BCUT2D eigenvalue weighted by Crippen LogP contribution is -2.56. The summed E-state index contributed by atoms with van der Waals surface area (Å²) >= 11 is 0. The highest BCUT2D eigenvalue weighted by molar-refractivity contribution is 7.88. The number of methoxy groups -OCH3 is 1. The van der Waals surface area contributed by atoms with E-state index >= 15 is 0 Å². The number of ether oxygens (including phenoxy) is 1.